The molecule has 0 saturated carbocycles. The standard InChI is InChI=1S/C17H15BrN6O/c18-11-3-7-12(8-4-11)21-16(25)15-9-14(23-24-15)10-1-5-13(6-2-10)22-17(19)20/h1-9H,(H,21,25)(H,23,24)(H4,19,20,22). The lowest BCUT2D eigenvalue weighted by Gasteiger charge is -2.02. The van der Waals surface area contributed by atoms with Crippen molar-refractivity contribution in [1.82, 2.24) is 10.2 Å². The maximum atomic E-state index is 12.3. The predicted octanol–water partition coefficient (Wildman–Crippen LogP) is 3.00. The number of nitrogens with two attached hydrogens (primary N) is 2. The van der Waals surface area contributed by atoms with Crippen molar-refractivity contribution in [3.8, 4) is 11.3 Å². The molecule has 0 radical (unpaired) electrons. The van der Waals surface area contributed by atoms with E-state index < -0.39 is 0 Å². The van der Waals surface area contributed by atoms with E-state index in [-0.39, 0.29) is 11.9 Å². The summed E-state index contributed by atoms with van der Waals surface area (Å²) in [6, 6.07) is 16.2. The Morgan fingerprint density at radius 1 is 1.08 bits per heavy atom. The number of carbonyl (C=O) groups excluding carboxylic acids is 1. The van der Waals surface area contributed by atoms with Crippen LogP contribution in [0.2, 0.25) is 0 Å². The molecule has 0 spiro atoms. The molecule has 0 aliphatic carbocycles. The third kappa shape index (κ3) is 4.24. The molecule has 3 rings (SSSR count). The summed E-state index contributed by atoms with van der Waals surface area (Å²) in [6.07, 6.45) is 0. The molecule has 0 atom stereocenters. The van der Waals surface area contributed by atoms with Crippen molar-refractivity contribution in [2.75, 3.05) is 5.32 Å². The fourth-order valence-corrected chi connectivity index (χ4v) is 2.44. The van der Waals surface area contributed by atoms with Crippen molar-refractivity contribution in [2.24, 2.45) is 16.5 Å². The summed E-state index contributed by atoms with van der Waals surface area (Å²) in [7, 11) is 0. The third-order valence-corrected chi connectivity index (χ3v) is 3.87. The fourth-order valence-electron chi connectivity index (χ4n) is 2.17. The van der Waals surface area contributed by atoms with Gasteiger partial charge in [0.1, 0.15) is 5.69 Å². The fraction of sp³-hybridized carbons (Fsp3) is 0. The molecule has 0 fully saturated rings. The molecule has 2 aromatic carbocycles. The molecule has 0 aliphatic heterocycles. The summed E-state index contributed by atoms with van der Waals surface area (Å²) < 4.78 is 0.943. The zero-order valence-corrected chi connectivity index (χ0v) is 14.6. The van der Waals surface area contributed by atoms with Crippen molar-refractivity contribution in [2.45, 2.75) is 0 Å². The van der Waals surface area contributed by atoms with E-state index in [2.05, 4.69) is 36.4 Å². The second kappa shape index (κ2) is 7.18. The number of guanidine groups is 1. The first-order valence-electron chi connectivity index (χ1n) is 7.33. The lowest BCUT2D eigenvalue weighted by Crippen LogP contribution is -2.21. The van der Waals surface area contributed by atoms with Crippen molar-refractivity contribution in [3.05, 3.63) is 64.8 Å². The van der Waals surface area contributed by atoms with Gasteiger partial charge in [-0.1, -0.05) is 28.1 Å². The molecule has 1 amide bonds. The Hall–Kier alpha value is -3.13. The Kier molecular flexibility index (Phi) is 4.80. The molecule has 0 unspecified atom stereocenters. The highest BCUT2D eigenvalue weighted by Gasteiger charge is 2.11. The van der Waals surface area contributed by atoms with Crippen LogP contribution in [-0.2, 0) is 0 Å². The molecule has 0 aliphatic rings. The number of benzene rings is 2. The number of H-pyrrole nitrogens is 1. The van der Waals surface area contributed by atoms with Gasteiger partial charge in [0.15, 0.2) is 5.96 Å². The number of nitrogens with one attached hydrogen (secondary N) is 2. The molecule has 0 saturated heterocycles. The average molecular weight is 399 g/mol. The average Bonchev–Trinajstić information content (AvgIpc) is 3.07. The van der Waals surface area contributed by atoms with Crippen LogP contribution in [0.5, 0.6) is 0 Å². The van der Waals surface area contributed by atoms with Gasteiger partial charge < -0.3 is 16.8 Å². The zero-order chi connectivity index (χ0) is 17.8. The minimum atomic E-state index is -0.266. The van der Waals surface area contributed by atoms with E-state index in [0.717, 1.165) is 10.0 Å². The number of aromatic nitrogens is 2. The first-order chi connectivity index (χ1) is 12.0. The SMILES string of the molecule is NC(N)=Nc1ccc(-c2cc(C(=O)Nc3ccc(Br)cc3)[nH]n2)cc1. The van der Waals surface area contributed by atoms with Crippen LogP contribution in [0, 0.1) is 0 Å². The van der Waals surface area contributed by atoms with E-state index in [0.29, 0.717) is 22.8 Å². The van der Waals surface area contributed by atoms with Gasteiger partial charge in [-0.3, -0.25) is 9.89 Å². The monoisotopic (exact) mass is 398 g/mol. The van der Waals surface area contributed by atoms with Gasteiger partial charge in [-0.2, -0.15) is 5.10 Å². The Morgan fingerprint density at radius 3 is 2.40 bits per heavy atom. The Bertz CT molecular complexity index is 911. The Morgan fingerprint density at radius 2 is 1.76 bits per heavy atom. The predicted molar refractivity (Wildman–Crippen MR) is 102 cm³/mol. The number of nitrogens with zero attached hydrogens (tertiary/aromatic N) is 2. The number of aromatic amines is 1. The Balaban J connectivity index is 1.74. The highest BCUT2D eigenvalue weighted by atomic mass is 79.9. The summed E-state index contributed by atoms with van der Waals surface area (Å²) >= 11 is 3.35. The van der Waals surface area contributed by atoms with Gasteiger partial charge in [-0.05, 0) is 42.5 Å². The summed E-state index contributed by atoms with van der Waals surface area (Å²) in [5, 5.41) is 9.72. The topological polar surface area (TPSA) is 122 Å². The van der Waals surface area contributed by atoms with Crippen LogP contribution in [0.4, 0.5) is 11.4 Å². The number of aliphatic imine (C=N–C) groups is 1. The molecule has 7 nitrogen and oxygen atoms in total. The van der Waals surface area contributed by atoms with Crippen molar-refractivity contribution >= 4 is 39.2 Å². The summed E-state index contributed by atoms with van der Waals surface area (Å²) in [4.78, 5) is 16.2. The van der Waals surface area contributed by atoms with Gasteiger partial charge in [0, 0.05) is 15.7 Å². The van der Waals surface area contributed by atoms with Crippen molar-refractivity contribution in [3.63, 3.8) is 0 Å². The van der Waals surface area contributed by atoms with Gasteiger partial charge in [0.2, 0.25) is 0 Å². The van der Waals surface area contributed by atoms with E-state index >= 15 is 0 Å². The molecular formula is C17H15BrN6O. The highest BCUT2D eigenvalue weighted by Crippen LogP contribution is 2.22. The number of rotatable bonds is 4. The molecule has 8 heteroatoms. The zero-order valence-electron chi connectivity index (χ0n) is 13.0. The van der Waals surface area contributed by atoms with Gasteiger partial charge >= 0.3 is 0 Å². The Labute approximate surface area is 152 Å². The van der Waals surface area contributed by atoms with Crippen molar-refractivity contribution in [1.29, 1.82) is 0 Å². The number of halogens is 1. The van der Waals surface area contributed by atoms with Crippen LogP contribution < -0.4 is 16.8 Å². The van der Waals surface area contributed by atoms with Gasteiger partial charge in [0.05, 0.1) is 11.4 Å². The van der Waals surface area contributed by atoms with Crippen LogP contribution in [-0.4, -0.2) is 22.1 Å². The number of amides is 1. The van der Waals surface area contributed by atoms with Crippen LogP contribution in [0.1, 0.15) is 10.5 Å². The highest BCUT2D eigenvalue weighted by molar-refractivity contribution is 9.10. The molecule has 0 bridgehead atoms. The van der Waals surface area contributed by atoms with E-state index in [1.165, 1.54) is 0 Å². The molecule has 1 heterocycles. The van der Waals surface area contributed by atoms with Gasteiger partial charge in [-0.25, -0.2) is 4.99 Å². The summed E-state index contributed by atoms with van der Waals surface area (Å²) in [6.45, 7) is 0. The number of hydrogen-bond donors (Lipinski definition) is 4. The first kappa shape index (κ1) is 16.7. The minimum absolute atomic E-state index is 0.000538. The maximum Gasteiger partial charge on any atom is 0.273 e. The molecule has 1 aromatic heterocycles. The molecule has 25 heavy (non-hydrogen) atoms. The third-order valence-electron chi connectivity index (χ3n) is 3.35. The van der Waals surface area contributed by atoms with E-state index in [1.54, 1.807) is 18.2 Å². The molecule has 126 valence electrons. The molecule has 3 aromatic rings. The lowest BCUT2D eigenvalue weighted by atomic mass is 10.1. The van der Waals surface area contributed by atoms with Crippen LogP contribution in [0.15, 0.2) is 64.1 Å². The van der Waals surface area contributed by atoms with Crippen LogP contribution in [0.3, 0.4) is 0 Å². The van der Waals surface area contributed by atoms with Gasteiger partial charge in [-0.15, -0.1) is 0 Å². The first-order valence-corrected chi connectivity index (χ1v) is 8.13. The van der Waals surface area contributed by atoms with Crippen LogP contribution in [0.25, 0.3) is 11.3 Å². The summed E-state index contributed by atoms with van der Waals surface area (Å²) in [5.41, 5.74) is 13.9. The molecule has 6 N–H and O–H groups in total. The van der Waals surface area contributed by atoms with E-state index in [1.807, 2.05) is 36.4 Å². The minimum Gasteiger partial charge on any atom is -0.370 e. The van der Waals surface area contributed by atoms with Crippen LogP contribution >= 0.6 is 15.9 Å². The van der Waals surface area contributed by atoms with Crippen molar-refractivity contribution < 1.29 is 4.79 Å². The number of carbonyl (C=O) groups is 1. The second-order valence-corrected chi connectivity index (χ2v) is 6.13. The maximum absolute atomic E-state index is 12.3. The normalized spacial score (nSPS) is 10.3. The largest absolute Gasteiger partial charge is 0.370 e. The smallest absolute Gasteiger partial charge is 0.273 e. The number of hydrogen-bond acceptors (Lipinski definition) is 3. The lowest BCUT2D eigenvalue weighted by molar-refractivity contribution is 0.102. The number of anilines is 1. The van der Waals surface area contributed by atoms with E-state index in [9.17, 15) is 4.79 Å². The molecular weight excluding hydrogens is 384 g/mol. The summed E-state index contributed by atoms with van der Waals surface area (Å²) in [5.74, 6) is -0.266. The quantitative estimate of drug-likeness (QED) is 0.398. The second-order valence-electron chi connectivity index (χ2n) is 5.21. The van der Waals surface area contributed by atoms with Gasteiger partial charge in [0.25, 0.3) is 5.91 Å². The van der Waals surface area contributed by atoms with E-state index in [4.69, 9.17) is 11.5 Å².